The largest absolute Gasteiger partial charge is 0.496 e. The highest BCUT2D eigenvalue weighted by Gasteiger charge is 2.52. The lowest BCUT2D eigenvalue weighted by atomic mass is 9.80. The first-order chi connectivity index (χ1) is 9.30. The number of nitrogens with zero attached hydrogens (tertiary/aromatic N) is 2. The molecule has 0 amide bonds. The van der Waals surface area contributed by atoms with Crippen LogP contribution in [0, 0.1) is 11.3 Å². The van der Waals surface area contributed by atoms with Gasteiger partial charge in [0, 0.05) is 11.7 Å². The Morgan fingerprint density at radius 3 is 2.15 bits per heavy atom. The minimum atomic E-state index is -0.390. The third-order valence-electron chi connectivity index (χ3n) is 4.77. The van der Waals surface area contributed by atoms with E-state index in [0.717, 1.165) is 24.0 Å². The average molecular weight is 270 g/mol. The Labute approximate surface area is 120 Å². The highest BCUT2D eigenvalue weighted by Crippen LogP contribution is 2.46. The molecule has 1 aromatic rings. The monoisotopic (exact) mass is 270 g/mol. The Morgan fingerprint density at radius 1 is 1.15 bits per heavy atom. The summed E-state index contributed by atoms with van der Waals surface area (Å²) >= 11 is 0. The molecule has 1 saturated carbocycles. The third-order valence-corrected chi connectivity index (χ3v) is 4.77. The van der Waals surface area contributed by atoms with E-state index >= 15 is 0 Å². The van der Waals surface area contributed by atoms with Crippen LogP contribution in [0.3, 0.4) is 0 Å². The van der Waals surface area contributed by atoms with Gasteiger partial charge in [0.05, 0.1) is 28.4 Å². The van der Waals surface area contributed by atoms with E-state index < -0.39 is 7.12 Å². The number of pyridine rings is 1. The van der Waals surface area contributed by atoms with Crippen LogP contribution in [0.2, 0.25) is 0 Å². The van der Waals surface area contributed by atoms with Crippen LogP contribution >= 0.6 is 0 Å². The molecule has 5 heteroatoms. The molecule has 0 N–H and O–H groups in total. The highest BCUT2D eigenvalue weighted by molar-refractivity contribution is 6.62. The standard InChI is InChI=1S/C15H19BN2O2/c1-13(2)14(3,4)20-16(19-13)11-5-6-12(18-9-11)15(10-17)7-8-15/h5-6,9H,7-8H2,1-4H3. The van der Waals surface area contributed by atoms with Gasteiger partial charge in [-0.05, 0) is 46.6 Å². The fourth-order valence-corrected chi connectivity index (χ4v) is 2.36. The summed E-state index contributed by atoms with van der Waals surface area (Å²) in [7, 11) is -0.390. The molecule has 0 atom stereocenters. The van der Waals surface area contributed by atoms with Crippen LogP contribution in [0.5, 0.6) is 0 Å². The van der Waals surface area contributed by atoms with Gasteiger partial charge in [0.2, 0.25) is 0 Å². The van der Waals surface area contributed by atoms with Gasteiger partial charge in [0.25, 0.3) is 0 Å². The molecule has 0 radical (unpaired) electrons. The van der Waals surface area contributed by atoms with Crippen LogP contribution < -0.4 is 5.46 Å². The molecule has 1 aromatic heterocycles. The molecule has 1 aliphatic carbocycles. The summed E-state index contributed by atoms with van der Waals surface area (Å²) in [6.07, 6.45) is 3.59. The minimum Gasteiger partial charge on any atom is -0.399 e. The Kier molecular flexibility index (Phi) is 2.76. The SMILES string of the molecule is CC1(C)OB(c2ccc(C3(C#N)CC3)nc2)OC1(C)C. The predicted molar refractivity (Wildman–Crippen MR) is 76.5 cm³/mol. The summed E-state index contributed by atoms with van der Waals surface area (Å²) < 4.78 is 12.0. The summed E-state index contributed by atoms with van der Waals surface area (Å²) in [6, 6.07) is 6.25. The van der Waals surface area contributed by atoms with Gasteiger partial charge >= 0.3 is 7.12 Å². The second-order valence-corrected chi connectivity index (χ2v) is 6.76. The highest BCUT2D eigenvalue weighted by atomic mass is 16.7. The Hall–Kier alpha value is -1.38. The van der Waals surface area contributed by atoms with E-state index in [-0.39, 0.29) is 16.6 Å². The molecular formula is C15H19BN2O2. The smallest absolute Gasteiger partial charge is 0.399 e. The summed E-state index contributed by atoms with van der Waals surface area (Å²) in [5.41, 5.74) is 0.733. The van der Waals surface area contributed by atoms with Crippen molar-refractivity contribution < 1.29 is 9.31 Å². The van der Waals surface area contributed by atoms with Gasteiger partial charge in [0.1, 0.15) is 0 Å². The second-order valence-electron chi connectivity index (χ2n) is 6.76. The van der Waals surface area contributed by atoms with Crippen LogP contribution in [-0.4, -0.2) is 23.3 Å². The summed E-state index contributed by atoms with van der Waals surface area (Å²) in [5.74, 6) is 0. The molecule has 2 aliphatic rings. The van der Waals surface area contributed by atoms with Crippen molar-refractivity contribution in [1.29, 1.82) is 5.26 Å². The van der Waals surface area contributed by atoms with E-state index in [2.05, 4.69) is 11.1 Å². The molecule has 0 aromatic carbocycles. The Morgan fingerprint density at radius 2 is 1.75 bits per heavy atom. The fraction of sp³-hybridized carbons (Fsp3) is 0.600. The van der Waals surface area contributed by atoms with Crippen molar-refractivity contribution in [3.63, 3.8) is 0 Å². The number of aromatic nitrogens is 1. The molecule has 1 saturated heterocycles. The molecule has 3 rings (SSSR count). The average Bonchev–Trinajstić information content (AvgIpc) is 3.14. The Bertz CT molecular complexity index is 555. The molecule has 0 spiro atoms. The lowest BCUT2D eigenvalue weighted by Gasteiger charge is -2.32. The third kappa shape index (κ3) is 1.95. The fourth-order valence-electron chi connectivity index (χ4n) is 2.36. The number of nitriles is 1. The van der Waals surface area contributed by atoms with Gasteiger partial charge in [-0.1, -0.05) is 6.07 Å². The normalized spacial score (nSPS) is 25.2. The van der Waals surface area contributed by atoms with Crippen molar-refractivity contribution in [2.75, 3.05) is 0 Å². The first-order valence-electron chi connectivity index (χ1n) is 7.03. The van der Waals surface area contributed by atoms with Gasteiger partial charge in [-0.2, -0.15) is 5.26 Å². The summed E-state index contributed by atoms with van der Waals surface area (Å²) in [6.45, 7) is 8.13. The molecule has 1 aliphatic heterocycles. The lowest BCUT2D eigenvalue weighted by Crippen LogP contribution is -2.41. The zero-order valence-electron chi connectivity index (χ0n) is 12.4. The minimum absolute atomic E-state index is 0.339. The second kappa shape index (κ2) is 4.06. The van der Waals surface area contributed by atoms with Crippen molar-refractivity contribution in [1.82, 2.24) is 4.98 Å². The number of rotatable bonds is 2. The van der Waals surface area contributed by atoms with E-state index in [9.17, 15) is 5.26 Å². The van der Waals surface area contributed by atoms with E-state index in [1.807, 2.05) is 39.8 Å². The maximum atomic E-state index is 9.19. The molecular weight excluding hydrogens is 251 g/mol. The first kappa shape index (κ1) is 13.6. The van der Waals surface area contributed by atoms with E-state index in [1.165, 1.54) is 0 Å². The number of hydrogen-bond acceptors (Lipinski definition) is 4. The van der Waals surface area contributed by atoms with E-state index in [1.54, 1.807) is 6.20 Å². The van der Waals surface area contributed by atoms with Crippen molar-refractivity contribution in [3.05, 3.63) is 24.0 Å². The topological polar surface area (TPSA) is 55.1 Å². The van der Waals surface area contributed by atoms with Gasteiger partial charge in [0.15, 0.2) is 0 Å². The van der Waals surface area contributed by atoms with Crippen molar-refractivity contribution >= 4 is 12.6 Å². The van der Waals surface area contributed by atoms with Crippen LogP contribution in [-0.2, 0) is 14.7 Å². The molecule has 20 heavy (non-hydrogen) atoms. The first-order valence-corrected chi connectivity index (χ1v) is 7.03. The predicted octanol–water partition coefficient (Wildman–Crippen LogP) is 1.94. The van der Waals surface area contributed by atoms with Crippen LogP contribution in [0.25, 0.3) is 0 Å². The van der Waals surface area contributed by atoms with Gasteiger partial charge in [-0.25, -0.2) is 0 Å². The summed E-state index contributed by atoms with van der Waals surface area (Å²) in [4.78, 5) is 4.44. The zero-order chi connectivity index (χ0) is 14.6. The van der Waals surface area contributed by atoms with Crippen molar-refractivity contribution in [2.24, 2.45) is 0 Å². The number of hydrogen-bond donors (Lipinski definition) is 0. The molecule has 2 heterocycles. The van der Waals surface area contributed by atoms with Gasteiger partial charge < -0.3 is 9.31 Å². The molecule has 0 bridgehead atoms. The van der Waals surface area contributed by atoms with E-state index in [0.29, 0.717) is 0 Å². The maximum Gasteiger partial charge on any atom is 0.496 e. The lowest BCUT2D eigenvalue weighted by molar-refractivity contribution is 0.00578. The van der Waals surface area contributed by atoms with Crippen molar-refractivity contribution in [3.8, 4) is 6.07 Å². The van der Waals surface area contributed by atoms with Crippen LogP contribution in [0.1, 0.15) is 46.2 Å². The molecule has 4 nitrogen and oxygen atoms in total. The quantitative estimate of drug-likeness (QED) is 0.770. The molecule has 104 valence electrons. The van der Waals surface area contributed by atoms with E-state index in [4.69, 9.17) is 9.31 Å². The Balaban J connectivity index is 1.82. The molecule has 0 unspecified atom stereocenters. The van der Waals surface area contributed by atoms with Gasteiger partial charge in [-0.3, -0.25) is 4.98 Å². The van der Waals surface area contributed by atoms with Crippen LogP contribution in [0.4, 0.5) is 0 Å². The van der Waals surface area contributed by atoms with Crippen LogP contribution in [0.15, 0.2) is 18.3 Å². The maximum absolute atomic E-state index is 9.19. The molecule has 2 fully saturated rings. The zero-order valence-corrected chi connectivity index (χ0v) is 12.4. The van der Waals surface area contributed by atoms with Crippen molar-refractivity contribution in [2.45, 2.75) is 57.2 Å². The van der Waals surface area contributed by atoms with Gasteiger partial charge in [-0.15, -0.1) is 0 Å². The summed E-state index contributed by atoms with van der Waals surface area (Å²) in [5, 5.41) is 9.19.